The number of hydrazine groups is 1. The van der Waals surface area contributed by atoms with Crippen LogP contribution in [0.15, 0.2) is 5.38 Å². The highest BCUT2D eigenvalue weighted by Crippen LogP contribution is 2.14. The fourth-order valence-electron chi connectivity index (χ4n) is 1.72. The summed E-state index contributed by atoms with van der Waals surface area (Å²) < 4.78 is 11.0. The second-order valence-electron chi connectivity index (χ2n) is 3.84. The van der Waals surface area contributed by atoms with Gasteiger partial charge in [0, 0.05) is 17.5 Å². The predicted octanol–water partition coefficient (Wildman–Crippen LogP) is 0.241. The number of nitrogens with zero attached hydrogens (tertiary/aromatic N) is 1. The number of nitrogens with two attached hydrogens (primary N) is 1. The SMILES string of the molecule is Cc1csc(CC(NN)C2COCCO2)n1. The van der Waals surface area contributed by atoms with Crippen LogP contribution in [0.2, 0.25) is 0 Å². The third-order valence-electron chi connectivity index (χ3n) is 2.57. The minimum atomic E-state index is 0.0166. The number of aryl methyl sites for hydroxylation is 1. The van der Waals surface area contributed by atoms with Crippen LogP contribution in [-0.2, 0) is 15.9 Å². The number of thiazole rings is 1. The molecule has 5 nitrogen and oxygen atoms in total. The number of hydrogen-bond donors (Lipinski definition) is 2. The Kier molecular flexibility index (Phi) is 4.25. The molecule has 1 aromatic heterocycles. The van der Waals surface area contributed by atoms with Gasteiger partial charge in [-0.15, -0.1) is 11.3 Å². The molecule has 2 heterocycles. The van der Waals surface area contributed by atoms with Crippen LogP contribution >= 0.6 is 11.3 Å². The van der Waals surface area contributed by atoms with Gasteiger partial charge in [0.15, 0.2) is 0 Å². The van der Waals surface area contributed by atoms with Gasteiger partial charge in [-0.05, 0) is 6.92 Å². The normalized spacial score (nSPS) is 23.2. The monoisotopic (exact) mass is 243 g/mol. The van der Waals surface area contributed by atoms with Crippen molar-refractivity contribution < 1.29 is 9.47 Å². The lowest BCUT2D eigenvalue weighted by Gasteiger charge is -2.29. The smallest absolute Gasteiger partial charge is 0.0979 e. The first-order valence-corrected chi connectivity index (χ1v) is 6.24. The summed E-state index contributed by atoms with van der Waals surface area (Å²) in [5.74, 6) is 5.55. The van der Waals surface area contributed by atoms with Crippen LogP contribution in [-0.4, -0.2) is 37.0 Å². The van der Waals surface area contributed by atoms with Crippen molar-refractivity contribution in [2.75, 3.05) is 19.8 Å². The molecule has 0 spiro atoms. The van der Waals surface area contributed by atoms with Gasteiger partial charge in [0.05, 0.1) is 37.0 Å². The van der Waals surface area contributed by atoms with Gasteiger partial charge >= 0.3 is 0 Å². The Labute approximate surface area is 98.9 Å². The second-order valence-corrected chi connectivity index (χ2v) is 4.79. The van der Waals surface area contributed by atoms with Crippen LogP contribution in [0.3, 0.4) is 0 Å². The molecule has 6 heteroatoms. The zero-order chi connectivity index (χ0) is 11.4. The first-order chi connectivity index (χ1) is 7.79. The summed E-state index contributed by atoms with van der Waals surface area (Å²) in [6.07, 6.45) is 0.797. The van der Waals surface area contributed by atoms with Gasteiger partial charge in [0.1, 0.15) is 0 Å². The van der Waals surface area contributed by atoms with Crippen molar-refractivity contribution >= 4 is 11.3 Å². The molecule has 2 rings (SSSR count). The Morgan fingerprint density at radius 3 is 3.12 bits per heavy atom. The summed E-state index contributed by atoms with van der Waals surface area (Å²) in [5.41, 5.74) is 3.84. The average molecular weight is 243 g/mol. The van der Waals surface area contributed by atoms with Crippen LogP contribution in [0, 0.1) is 6.92 Å². The van der Waals surface area contributed by atoms with Crippen molar-refractivity contribution in [3.05, 3.63) is 16.1 Å². The molecule has 1 saturated heterocycles. The highest BCUT2D eigenvalue weighted by atomic mass is 32.1. The third-order valence-corrected chi connectivity index (χ3v) is 3.55. The van der Waals surface area contributed by atoms with E-state index in [4.69, 9.17) is 15.3 Å². The van der Waals surface area contributed by atoms with E-state index in [1.807, 2.05) is 12.3 Å². The van der Waals surface area contributed by atoms with E-state index in [1.54, 1.807) is 11.3 Å². The largest absolute Gasteiger partial charge is 0.376 e. The van der Waals surface area contributed by atoms with E-state index in [1.165, 1.54) is 0 Å². The molecule has 3 N–H and O–H groups in total. The molecule has 0 amide bonds. The van der Waals surface area contributed by atoms with Gasteiger partial charge in [-0.1, -0.05) is 0 Å². The molecule has 1 aromatic rings. The third kappa shape index (κ3) is 2.99. The maximum atomic E-state index is 5.62. The van der Waals surface area contributed by atoms with Crippen molar-refractivity contribution in [2.24, 2.45) is 5.84 Å². The molecule has 1 aliphatic heterocycles. The lowest BCUT2D eigenvalue weighted by atomic mass is 10.1. The van der Waals surface area contributed by atoms with Crippen molar-refractivity contribution in [2.45, 2.75) is 25.5 Å². The molecular formula is C10H17N3O2S. The zero-order valence-electron chi connectivity index (χ0n) is 9.31. The molecule has 0 bridgehead atoms. The fourth-order valence-corrected chi connectivity index (χ4v) is 2.55. The summed E-state index contributed by atoms with van der Waals surface area (Å²) in [7, 11) is 0. The quantitative estimate of drug-likeness (QED) is 0.585. The Hall–Kier alpha value is -0.530. The fraction of sp³-hybridized carbons (Fsp3) is 0.700. The van der Waals surface area contributed by atoms with E-state index in [0.717, 1.165) is 17.1 Å². The molecule has 16 heavy (non-hydrogen) atoms. The number of hydrogen-bond acceptors (Lipinski definition) is 6. The van der Waals surface area contributed by atoms with E-state index in [2.05, 4.69) is 10.4 Å². The molecule has 0 aliphatic carbocycles. The van der Waals surface area contributed by atoms with Crippen LogP contribution in [0.5, 0.6) is 0 Å². The van der Waals surface area contributed by atoms with Crippen LogP contribution in [0.4, 0.5) is 0 Å². The Balaban J connectivity index is 1.94. The van der Waals surface area contributed by atoms with Crippen LogP contribution < -0.4 is 11.3 Å². The van der Waals surface area contributed by atoms with E-state index < -0.39 is 0 Å². The number of nitrogens with one attached hydrogen (secondary N) is 1. The number of rotatable bonds is 4. The van der Waals surface area contributed by atoms with Gasteiger partial charge in [0.2, 0.25) is 0 Å². The van der Waals surface area contributed by atoms with E-state index in [9.17, 15) is 0 Å². The molecule has 0 radical (unpaired) electrons. The molecular weight excluding hydrogens is 226 g/mol. The highest BCUT2D eigenvalue weighted by molar-refractivity contribution is 7.09. The number of aromatic nitrogens is 1. The first kappa shape index (κ1) is 11.9. The van der Waals surface area contributed by atoms with Gasteiger partial charge < -0.3 is 9.47 Å². The molecule has 1 aliphatic rings. The standard InChI is InChI=1S/C10H17N3O2S/c1-7-6-16-10(12-7)4-8(13-11)9-5-14-2-3-15-9/h6,8-9,13H,2-5,11H2,1H3. The maximum Gasteiger partial charge on any atom is 0.0979 e. The summed E-state index contributed by atoms with van der Waals surface area (Å²) in [6.45, 7) is 3.90. The highest BCUT2D eigenvalue weighted by Gasteiger charge is 2.25. The van der Waals surface area contributed by atoms with E-state index >= 15 is 0 Å². The van der Waals surface area contributed by atoms with Crippen molar-refractivity contribution in [1.82, 2.24) is 10.4 Å². The van der Waals surface area contributed by atoms with Crippen molar-refractivity contribution in [1.29, 1.82) is 0 Å². The second kappa shape index (κ2) is 5.70. The lowest BCUT2D eigenvalue weighted by Crippen LogP contribution is -2.50. The summed E-state index contributed by atoms with van der Waals surface area (Å²) in [4.78, 5) is 4.42. The Morgan fingerprint density at radius 1 is 1.69 bits per heavy atom. The number of ether oxygens (including phenoxy) is 2. The van der Waals surface area contributed by atoms with Gasteiger partial charge in [-0.3, -0.25) is 11.3 Å². The molecule has 2 atom stereocenters. The topological polar surface area (TPSA) is 69.4 Å². The predicted molar refractivity (Wildman–Crippen MR) is 62.2 cm³/mol. The Morgan fingerprint density at radius 2 is 2.56 bits per heavy atom. The average Bonchev–Trinajstić information content (AvgIpc) is 2.73. The van der Waals surface area contributed by atoms with Gasteiger partial charge in [-0.25, -0.2) is 4.98 Å². The van der Waals surface area contributed by atoms with Crippen LogP contribution in [0.25, 0.3) is 0 Å². The van der Waals surface area contributed by atoms with Gasteiger partial charge in [0.25, 0.3) is 0 Å². The van der Waals surface area contributed by atoms with E-state index in [0.29, 0.717) is 19.8 Å². The minimum Gasteiger partial charge on any atom is -0.376 e. The summed E-state index contributed by atoms with van der Waals surface area (Å²) >= 11 is 1.65. The van der Waals surface area contributed by atoms with E-state index in [-0.39, 0.29) is 12.1 Å². The zero-order valence-corrected chi connectivity index (χ0v) is 10.1. The Bertz CT molecular complexity index is 326. The molecule has 0 aromatic carbocycles. The van der Waals surface area contributed by atoms with Crippen LogP contribution in [0.1, 0.15) is 10.7 Å². The van der Waals surface area contributed by atoms with Gasteiger partial charge in [-0.2, -0.15) is 0 Å². The summed E-state index contributed by atoms with van der Waals surface area (Å²) in [6, 6.07) is 0.0610. The molecule has 1 fully saturated rings. The minimum absolute atomic E-state index is 0.0166. The maximum absolute atomic E-state index is 5.62. The summed E-state index contributed by atoms with van der Waals surface area (Å²) in [5, 5.41) is 3.12. The van der Waals surface area contributed by atoms with Crippen molar-refractivity contribution in [3.8, 4) is 0 Å². The molecule has 0 saturated carbocycles. The molecule has 2 unspecified atom stereocenters. The molecule has 90 valence electrons. The lowest BCUT2D eigenvalue weighted by molar-refractivity contribution is -0.101. The van der Waals surface area contributed by atoms with Crippen molar-refractivity contribution in [3.63, 3.8) is 0 Å². The first-order valence-electron chi connectivity index (χ1n) is 5.36.